The lowest BCUT2D eigenvalue weighted by Crippen LogP contribution is -2.14. The maximum absolute atomic E-state index is 3.57. The lowest BCUT2D eigenvalue weighted by atomic mass is 9.82. The number of aryl methyl sites for hydroxylation is 1. The van der Waals surface area contributed by atoms with E-state index in [0.29, 0.717) is 5.92 Å². The number of benzene rings is 3. The first kappa shape index (κ1) is 13.1. The fourth-order valence-electron chi connectivity index (χ4n) is 3.32. The molecule has 4 rings (SSSR count). The molecule has 3 aromatic carbocycles. The molecule has 0 bridgehead atoms. The summed E-state index contributed by atoms with van der Waals surface area (Å²) in [6.45, 7) is 2.14. The third-order valence-corrected chi connectivity index (χ3v) is 4.50. The predicted molar refractivity (Wildman–Crippen MR) is 92.9 cm³/mol. The van der Waals surface area contributed by atoms with Crippen LogP contribution in [0.4, 0.5) is 11.4 Å². The summed E-state index contributed by atoms with van der Waals surface area (Å²) in [5.41, 5.74) is 7.96. The van der Waals surface area contributed by atoms with Gasteiger partial charge < -0.3 is 5.32 Å². The van der Waals surface area contributed by atoms with Crippen LogP contribution in [0.5, 0.6) is 0 Å². The van der Waals surface area contributed by atoms with Crippen molar-refractivity contribution in [2.75, 3.05) is 5.32 Å². The number of hydrogen-bond acceptors (Lipinski definition) is 1. The first-order chi connectivity index (χ1) is 10.8. The minimum absolute atomic E-state index is 0.413. The summed E-state index contributed by atoms with van der Waals surface area (Å²) in [4.78, 5) is 0. The molecule has 108 valence electrons. The molecular formula is C21H19N. The van der Waals surface area contributed by atoms with Crippen molar-refractivity contribution >= 4 is 11.4 Å². The summed E-state index contributed by atoms with van der Waals surface area (Å²) in [5, 5.41) is 3.57. The number of nitrogens with one attached hydrogen (secondary N) is 1. The van der Waals surface area contributed by atoms with E-state index in [9.17, 15) is 0 Å². The molecule has 1 aliphatic rings. The Hall–Kier alpha value is -2.54. The normalized spacial score (nSPS) is 13.1. The third kappa shape index (κ3) is 2.29. The smallest absolute Gasteiger partial charge is 0.0423 e. The lowest BCUT2D eigenvalue weighted by Gasteiger charge is -2.29. The van der Waals surface area contributed by atoms with E-state index in [2.05, 4.69) is 85.0 Å². The van der Waals surface area contributed by atoms with Crippen LogP contribution >= 0.6 is 0 Å². The van der Waals surface area contributed by atoms with Crippen molar-refractivity contribution < 1.29 is 0 Å². The van der Waals surface area contributed by atoms with E-state index < -0.39 is 0 Å². The molecule has 1 heterocycles. The van der Waals surface area contributed by atoms with Gasteiger partial charge >= 0.3 is 0 Å². The van der Waals surface area contributed by atoms with Gasteiger partial charge in [-0.1, -0.05) is 66.2 Å². The maximum Gasteiger partial charge on any atom is 0.0423 e. The molecule has 0 aliphatic carbocycles. The number of rotatable bonds is 2. The van der Waals surface area contributed by atoms with E-state index in [1.165, 1.54) is 33.6 Å². The van der Waals surface area contributed by atoms with E-state index in [1.807, 2.05) is 0 Å². The van der Waals surface area contributed by atoms with E-state index in [0.717, 1.165) is 6.42 Å². The quantitative estimate of drug-likeness (QED) is 0.662. The Labute approximate surface area is 131 Å². The Morgan fingerprint density at radius 3 is 1.86 bits per heavy atom. The molecule has 1 heteroatoms. The van der Waals surface area contributed by atoms with Gasteiger partial charge in [-0.2, -0.15) is 0 Å². The van der Waals surface area contributed by atoms with E-state index in [4.69, 9.17) is 0 Å². The highest BCUT2D eigenvalue weighted by Crippen LogP contribution is 2.42. The first-order valence-corrected chi connectivity index (χ1v) is 7.82. The number of fused-ring (bicyclic) bond motifs is 2. The Kier molecular flexibility index (Phi) is 3.19. The van der Waals surface area contributed by atoms with Crippen LogP contribution in [0.2, 0.25) is 0 Å². The summed E-state index contributed by atoms with van der Waals surface area (Å²) < 4.78 is 0. The summed E-state index contributed by atoms with van der Waals surface area (Å²) >= 11 is 0. The van der Waals surface area contributed by atoms with Gasteiger partial charge in [0.1, 0.15) is 0 Å². The van der Waals surface area contributed by atoms with Gasteiger partial charge in [-0.25, -0.2) is 0 Å². The molecule has 1 nitrogen and oxygen atoms in total. The van der Waals surface area contributed by atoms with Crippen molar-refractivity contribution in [2.24, 2.45) is 0 Å². The van der Waals surface area contributed by atoms with Crippen LogP contribution in [0.3, 0.4) is 0 Å². The fraction of sp³-hybridized carbons (Fsp3) is 0.143. The first-order valence-electron chi connectivity index (χ1n) is 7.82. The molecule has 22 heavy (non-hydrogen) atoms. The number of anilines is 2. The second-order valence-electron chi connectivity index (χ2n) is 6.04. The highest BCUT2D eigenvalue weighted by atomic mass is 14.9. The number of hydrogen-bond donors (Lipinski definition) is 1. The molecule has 0 unspecified atom stereocenters. The Bertz CT molecular complexity index is 757. The standard InChI is InChI=1S/C21H19N/c1-15-10-12-16(13-11-15)14-19-17-6-2-4-8-20(17)22-21-9-5-3-7-18(19)21/h2-13,19,22H,14H2,1H3. The van der Waals surface area contributed by atoms with Crippen LogP contribution in [0.25, 0.3) is 0 Å². The zero-order valence-corrected chi connectivity index (χ0v) is 12.7. The van der Waals surface area contributed by atoms with Crippen LogP contribution in [0, 0.1) is 6.92 Å². The lowest BCUT2D eigenvalue weighted by molar-refractivity contribution is 0.800. The van der Waals surface area contributed by atoms with Gasteiger partial charge in [0, 0.05) is 17.3 Å². The fourth-order valence-corrected chi connectivity index (χ4v) is 3.32. The summed E-state index contributed by atoms with van der Waals surface area (Å²) in [7, 11) is 0. The average Bonchev–Trinajstić information content (AvgIpc) is 2.56. The minimum Gasteiger partial charge on any atom is -0.355 e. The Morgan fingerprint density at radius 1 is 0.727 bits per heavy atom. The van der Waals surface area contributed by atoms with Crippen molar-refractivity contribution in [3.8, 4) is 0 Å². The second kappa shape index (κ2) is 5.34. The van der Waals surface area contributed by atoms with Crippen molar-refractivity contribution in [1.29, 1.82) is 0 Å². The SMILES string of the molecule is Cc1ccc(CC2c3ccccc3Nc3ccccc32)cc1. The third-order valence-electron chi connectivity index (χ3n) is 4.50. The zero-order chi connectivity index (χ0) is 14.9. The van der Waals surface area contributed by atoms with E-state index in [1.54, 1.807) is 0 Å². The minimum atomic E-state index is 0.413. The predicted octanol–water partition coefficient (Wildman–Crippen LogP) is 5.43. The van der Waals surface area contributed by atoms with Crippen LogP contribution in [0.1, 0.15) is 28.2 Å². The molecule has 0 saturated heterocycles. The van der Waals surface area contributed by atoms with Gasteiger partial charge in [0.05, 0.1) is 0 Å². The zero-order valence-electron chi connectivity index (χ0n) is 12.7. The average molecular weight is 285 g/mol. The molecule has 0 amide bonds. The monoisotopic (exact) mass is 285 g/mol. The van der Waals surface area contributed by atoms with Crippen molar-refractivity contribution in [3.63, 3.8) is 0 Å². The molecular weight excluding hydrogens is 266 g/mol. The number of para-hydroxylation sites is 2. The summed E-state index contributed by atoms with van der Waals surface area (Å²) in [5.74, 6) is 0.413. The van der Waals surface area contributed by atoms with Gasteiger partial charge in [-0.3, -0.25) is 0 Å². The van der Waals surface area contributed by atoms with Gasteiger partial charge in [0.15, 0.2) is 0 Å². The molecule has 1 aliphatic heterocycles. The van der Waals surface area contributed by atoms with Crippen molar-refractivity contribution in [2.45, 2.75) is 19.3 Å². The van der Waals surface area contributed by atoms with Crippen molar-refractivity contribution in [1.82, 2.24) is 0 Å². The van der Waals surface area contributed by atoms with E-state index >= 15 is 0 Å². The highest BCUT2D eigenvalue weighted by molar-refractivity contribution is 5.73. The molecule has 1 N–H and O–H groups in total. The van der Waals surface area contributed by atoms with Gasteiger partial charge in [-0.05, 0) is 42.2 Å². The van der Waals surface area contributed by atoms with Gasteiger partial charge in [0.2, 0.25) is 0 Å². The summed E-state index contributed by atoms with van der Waals surface area (Å²) in [6, 6.07) is 26.2. The largest absolute Gasteiger partial charge is 0.355 e. The van der Waals surface area contributed by atoms with Gasteiger partial charge in [-0.15, -0.1) is 0 Å². The van der Waals surface area contributed by atoms with Crippen LogP contribution in [0.15, 0.2) is 72.8 Å². The highest BCUT2D eigenvalue weighted by Gasteiger charge is 2.24. The summed E-state index contributed by atoms with van der Waals surface area (Å²) in [6.07, 6.45) is 1.04. The molecule has 0 atom stereocenters. The van der Waals surface area contributed by atoms with Crippen molar-refractivity contribution in [3.05, 3.63) is 95.1 Å². The van der Waals surface area contributed by atoms with E-state index in [-0.39, 0.29) is 0 Å². The maximum atomic E-state index is 3.57. The molecule has 3 aromatic rings. The molecule has 0 radical (unpaired) electrons. The molecule has 0 aromatic heterocycles. The second-order valence-corrected chi connectivity index (χ2v) is 6.04. The Balaban J connectivity index is 1.79. The molecule has 0 fully saturated rings. The van der Waals surface area contributed by atoms with Crippen LogP contribution in [-0.4, -0.2) is 0 Å². The van der Waals surface area contributed by atoms with Gasteiger partial charge in [0.25, 0.3) is 0 Å². The topological polar surface area (TPSA) is 12.0 Å². The Morgan fingerprint density at radius 2 is 1.27 bits per heavy atom. The molecule has 0 saturated carbocycles. The molecule has 0 spiro atoms. The van der Waals surface area contributed by atoms with Crippen LogP contribution in [-0.2, 0) is 6.42 Å². The van der Waals surface area contributed by atoms with Crippen LogP contribution < -0.4 is 5.32 Å².